The molecule has 0 radical (unpaired) electrons. The second-order valence-corrected chi connectivity index (χ2v) is 7.67. The molecule has 0 fully saturated rings. The lowest BCUT2D eigenvalue weighted by atomic mass is 10.1. The topological polar surface area (TPSA) is 108 Å². The Hall–Kier alpha value is -4.40. The van der Waals surface area contributed by atoms with Gasteiger partial charge in [-0.1, -0.05) is 12.1 Å². The maximum atomic E-state index is 11.6. The monoisotopic (exact) mass is 441 g/mol. The van der Waals surface area contributed by atoms with E-state index < -0.39 is 0 Å². The van der Waals surface area contributed by atoms with Crippen LogP contribution in [0.4, 0.5) is 5.69 Å². The number of carbonyl (C=O) groups excluding carboxylic acids is 1. The van der Waals surface area contributed by atoms with Gasteiger partial charge in [0.25, 0.3) is 0 Å². The molecule has 1 atom stereocenters. The fourth-order valence-electron chi connectivity index (χ4n) is 3.71. The van der Waals surface area contributed by atoms with E-state index in [0.29, 0.717) is 12.1 Å². The van der Waals surface area contributed by atoms with Gasteiger partial charge < -0.3 is 20.4 Å². The molecule has 0 aliphatic carbocycles. The molecule has 9 nitrogen and oxygen atoms in total. The second kappa shape index (κ2) is 8.62. The first kappa shape index (κ1) is 20.5. The first-order valence-corrected chi connectivity index (χ1v) is 10.5. The largest absolute Gasteiger partial charge is 0.465 e. The van der Waals surface area contributed by atoms with Gasteiger partial charge in [-0.05, 0) is 49.4 Å². The number of aromatic nitrogens is 3. The van der Waals surface area contributed by atoms with Crippen molar-refractivity contribution in [2.24, 2.45) is 5.10 Å². The number of aromatic amines is 1. The Morgan fingerprint density at radius 2 is 2.03 bits per heavy atom. The molecule has 2 aliphatic heterocycles. The first-order chi connectivity index (χ1) is 16.1. The SMILES string of the molecule is COC(=O)c1ccc(NCc2nc(C3=CN4N=CNC4C=C3)c(-c3cccc(C)n3)[nH]2)cc1. The molecule has 4 heterocycles. The summed E-state index contributed by atoms with van der Waals surface area (Å²) >= 11 is 0. The zero-order valence-electron chi connectivity index (χ0n) is 18.2. The molecule has 1 aromatic carbocycles. The predicted octanol–water partition coefficient (Wildman–Crippen LogP) is 3.26. The van der Waals surface area contributed by atoms with Gasteiger partial charge >= 0.3 is 5.97 Å². The quantitative estimate of drug-likeness (QED) is 0.504. The van der Waals surface area contributed by atoms with Gasteiger partial charge in [-0.3, -0.25) is 4.98 Å². The predicted molar refractivity (Wildman–Crippen MR) is 126 cm³/mol. The number of methoxy groups -OCH3 is 1. The minimum Gasteiger partial charge on any atom is -0.465 e. The third kappa shape index (κ3) is 4.20. The number of fused-ring (bicyclic) bond motifs is 1. The van der Waals surface area contributed by atoms with Gasteiger partial charge in [-0.2, -0.15) is 5.10 Å². The average Bonchev–Trinajstić information content (AvgIpc) is 3.49. The molecular formula is C24H23N7O2. The highest BCUT2D eigenvalue weighted by Gasteiger charge is 2.23. The fraction of sp³-hybridized carbons (Fsp3) is 0.167. The van der Waals surface area contributed by atoms with E-state index in [1.54, 1.807) is 18.5 Å². The zero-order valence-corrected chi connectivity index (χ0v) is 18.2. The van der Waals surface area contributed by atoms with Crippen molar-refractivity contribution in [2.75, 3.05) is 12.4 Å². The number of imidazole rings is 1. The molecule has 33 heavy (non-hydrogen) atoms. The van der Waals surface area contributed by atoms with Crippen molar-refractivity contribution in [3.05, 3.63) is 83.6 Å². The Morgan fingerprint density at radius 1 is 1.18 bits per heavy atom. The molecule has 0 bridgehead atoms. The fourth-order valence-corrected chi connectivity index (χ4v) is 3.71. The molecule has 3 N–H and O–H groups in total. The molecule has 0 spiro atoms. The molecular weight excluding hydrogens is 418 g/mol. The Bertz CT molecular complexity index is 1270. The van der Waals surface area contributed by atoms with Crippen LogP contribution in [0.15, 0.2) is 65.9 Å². The number of carbonyl (C=O) groups is 1. The van der Waals surface area contributed by atoms with E-state index in [9.17, 15) is 4.79 Å². The number of benzene rings is 1. The third-order valence-electron chi connectivity index (χ3n) is 5.39. The number of esters is 1. The van der Waals surface area contributed by atoms with E-state index >= 15 is 0 Å². The summed E-state index contributed by atoms with van der Waals surface area (Å²) in [6, 6.07) is 13.0. The van der Waals surface area contributed by atoms with Gasteiger partial charge in [0.1, 0.15) is 18.3 Å². The third-order valence-corrected chi connectivity index (χ3v) is 5.39. The molecule has 0 saturated heterocycles. The highest BCUT2D eigenvalue weighted by Crippen LogP contribution is 2.30. The van der Waals surface area contributed by atoms with Crippen molar-refractivity contribution in [3.63, 3.8) is 0 Å². The normalized spacial score (nSPS) is 16.2. The van der Waals surface area contributed by atoms with Gasteiger partial charge in [-0.15, -0.1) is 0 Å². The number of ether oxygens (including phenoxy) is 1. The van der Waals surface area contributed by atoms with Crippen LogP contribution >= 0.6 is 0 Å². The summed E-state index contributed by atoms with van der Waals surface area (Å²) < 4.78 is 4.75. The van der Waals surface area contributed by atoms with Gasteiger partial charge in [-0.25, -0.2) is 14.8 Å². The van der Waals surface area contributed by atoms with E-state index in [1.165, 1.54) is 7.11 Å². The summed E-state index contributed by atoms with van der Waals surface area (Å²) in [5.41, 5.74) is 5.73. The van der Waals surface area contributed by atoms with Crippen molar-refractivity contribution in [2.45, 2.75) is 19.6 Å². The van der Waals surface area contributed by atoms with Gasteiger partial charge in [0.05, 0.1) is 36.3 Å². The number of nitrogens with one attached hydrogen (secondary N) is 3. The Kier molecular flexibility index (Phi) is 5.35. The van der Waals surface area contributed by atoms with Gasteiger partial charge in [0, 0.05) is 23.2 Å². The zero-order chi connectivity index (χ0) is 22.8. The maximum Gasteiger partial charge on any atom is 0.337 e. The van der Waals surface area contributed by atoms with E-state index in [1.807, 2.05) is 60.6 Å². The van der Waals surface area contributed by atoms with Crippen molar-refractivity contribution in [1.82, 2.24) is 25.3 Å². The molecule has 2 aromatic heterocycles. The van der Waals surface area contributed by atoms with Crippen LogP contribution in [0.5, 0.6) is 0 Å². The highest BCUT2D eigenvalue weighted by atomic mass is 16.5. The van der Waals surface area contributed by atoms with Crippen molar-refractivity contribution in [1.29, 1.82) is 0 Å². The smallest absolute Gasteiger partial charge is 0.337 e. The van der Waals surface area contributed by atoms with E-state index in [4.69, 9.17) is 9.72 Å². The molecule has 3 aromatic rings. The van der Waals surface area contributed by atoms with E-state index in [0.717, 1.165) is 39.9 Å². The summed E-state index contributed by atoms with van der Waals surface area (Å²) in [4.78, 5) is 24.6. The van der Waals surface area contributed by atoms with Crippen LogP contribution in [0.1, 0.15) is 27.6 Å². The lowest BCUT2D eigenvalue weighted by molar-refractivity contribution is 0.0601. The number of hydrogen-bond donors (Lipinski definition) is 3. The van der Waals surface area contributed by atoms with Crippen LogP contribution in [-0.2, 0) is 11.3 Å². The number of rotatable bonds is 6. The molecule has 5 rings (SSSR count). The van der Waals surface area contributed by atoms with Crippen molar-refractivity contribution < 1.29 is 9.53 Å². The van der Waals surface area contributed by atoms with Crippen LogP contribution in [0.3, 0.4) is 0 Å². The van der Waals surface area contributed by atoms with Gasteiger partial charge in [0.2, 0.25) is 0 Å². The first-order valence-electron chi connectivity index (χ1n) is 10.5. The minimum atomic E-state index is -0.360. The van der Waals surface area contributed by atoms with Crippen molar-refractivity contribution in [3.8, 4) is 11.4 Å². The van der Waals surface area contributed by atoms with Crippen LogP contribution in [0, 0.1) is 6.92 Å². The van der Waals surface area contributed by atoms with Crippen LogP contribution in [0.25, 0.3) is 17.0 Å². The molecule has 166 valence electrons. The van der Waals surface area contributed by atoms with Crippen molar-refractivity contribution >= 4 is 23.6 Å². The second-order valence-electron chi connectivity index (χ2n) is 7.67. The van der Waals surface area contributed by atoms with Crippen LogP contribution < -0.4 is 10.6 Å². The number of nitrogens with zero attached hydrogens (tertiary/aromatic N) is 4. The van der Waals surface area contributed by atoms with E-state index in [-0.39, 0.29) is 12.1 Å². The summed E-state index contributed by atoms with van der Waals surface area (Å²) in [6.45, 7) is 2.44. The summed E-state index contributed by atoms with van der Waals surface area (Å²) in [5.74, 6) is 0.404. The lowest BCUT2D eigenvalue weighted by Gasteiger charge is -2.21. The number of anilines is 1. The summed E-state index contributed by atoms with van der Waals surface area (Å²) in [6.07, 6.45) is 7.77. The summed E-state index contributed by atoms with van der Waals surface area (Å²) in [5, 5.41) is 12.7. The van der Waals surface area contributed by atoms with Crippen LogP contribution in [-0.4, -0.2) is 45.5 Å². The molecule has 0 saturated carbocycles. The number of pyridine rings is 1. The average molecular weight is 441 g/mol. The van der Waals surface area contributed by atoms with Gasteiger partial charge in [0.15, 0.2) is 0 Å². The van der Waals surface area contributed by atoms with Crippen LogP contribution in [0.2, 0.25) is 0 Å². The molecule has 1 unspecified atom stereocenters. The lowest BCUT2D eigenvalue weighted by Crippen LogP contribution is -2.32. The standard InChI is InChI=1S/C24H23N7O2/c1-15-4-3-5-19(28-15)23-22(17-8-11-21-26-14-27-31(21)13-17)29-20(30-23)12-25-18-9-6-16(7-10-18)24(32)33-2/h3-11,13-14,21,25H,12H2,1-2H3,(H,26,27)(H,29,30). The van der Waals surface area contributed by atoms with E-state index in [2.05, 4.69) is 25.7 Å². The Balaban J connectivity index is 1.43. The number of H-pyrrole nitrogens is 1. The molecule has 2 aliphatic rings. The Labute approximate surface area is 190 Å². The molecule has 9 heteroatoms. The number of aryl methyl sites for hydroxylation is 1. The highest BCUT2D eigenvalue weighted by molar-refractivity contribution is 5.89. The molecule has 0 amide bonds. The number of hydrazone groups is 1. The number of allylic oxidation sites excluding steroid dienone is 2. The Morgan fingerprint density at radius 3 is 2.82 bits per heavy atom. The maximum absolute atomic E-state index is 11.6. The summed E-state index contributed by atoms with van der Waals surface area (Å²) in [7, 11) is 1.37. The number of hydrogen-bond acceptors (Lipinski definition) is 8. The minimum absolute atomic E-state index is 0.0299.